The molecule has 4 rings (SSSR count). The summed E-state index contributed by atoms with van der Waals surface area (Å²) in [7, 11) is -3.56. The molecule has 0 radical (unpaired) electrons. The molecule has 2 amide bonds. The Kier molecular flexibility index (Phi) is 6.74. The Bertz CT molecular complexity index is 1030. The first kappa shape index (κ1) is 22.0. The van der Waals surface area contributed by atoms with Gasteiger partial charge in [-0.2, -0.15) is 4.31 Å². The van der Waals surface area contributed by atoms with Crippen LogP contribution in [0.5, 0.6) is 0 Å². The molecule has 1 aromatic carbocycles. The molecule has 2 aromatic rings. The van der Waals surface area contributed by atoms with Gasteiger partial charge in [0, 0.05) is 31.9 Å². The van der Waals surface area contributed by atoms with Crippen molar-refractivity contribution in [3.05, 3.63) is 46.7 Å². The van der Waals surface area contributed by atoms with Crippen molar-refractivity contribution in [2.24, 2.45) is 5.92 Å². The van der Waals surface area contributed by atoms with Gasteiger partial charge in [0.1, 0.15) is 0 Å². The Morgan fingerprint density at radius 3 is 2.55 bits per heavy atom. The third-order valence-corrected chi connectivity index (χ3v) is 8.62. The fraction of sp³-hybridized carbons (Fsp3) is 0.455. The average molecular weight is 462 g/mol. The topological polar surface area (TPSA) is 86.8 Å². The van der Waals surface area contributed by atoms with Gasteiger partial charge in [0.05, 0.1) is 15.7 Å². The van der Waals surface area contributed by atoms with Crippen LogP contribution in [-0.2, 0) is 14.8 Å². The highest BCUT2D eigenvalue weighted by atomic mass is 32.2. The van der Waals surface area contributed by atoms with Gasteiger partial charge < -0.3 is 10.2 Å². The van der Waals surface area contributed by atoms with E-state index in [4.69, 9.17) is 0 Å². The Morgan fingerprint density at radius 1 is 1.00 bits per heavy atom. The van der Waals surface area contributed by atoms with E-state index in [1.807, 2.05) is 11.4 Å². The summed E-state index contributed by atoms with van der Waals surface area (Å²) in [6.45, 7) is 2.09. The third-order valence-electron chi connectivity index (χ3n) is 5.87. The Morgan fingerprint density at radius 2 is 1.81 bits per heavy atom. The summed E-state index contributed by atoms with van der Waals surface area (Å²) in [6, 6.07) is 10.1. The van der Waals surface area contributed by atoms with Gasteiger partial charge >= 0.3 is 0 Å². The molecule has 9 heteroatoms. The smallest absolute Gasteiger partial charge is 0.263 e. The van der Waals surface area contributed by atoms with Gasteiger partial charge in [-0.25, -0.2) is 8.42 Å². The largest absolute Gasteiger partial charge is 0.337 e. The molecule has 7 nitrogen and oxygen atoms in total. The molecule has 2 saturated heterocycles. The highest BCUT2D eigenvalue weighted by molar-refractivity contribution is 7.89. The number of amides is 2. The van der Waals surface area contributed by atoms with Gasteiger partial charge in [-0.1, -0.05) is 18.6 Å². The van der Waals surface area contributed by atoms with E-state index in [1.165, 1.54) is 21.7 Å². The minimum atomic E-state index is -3.56. The van der Waals surface area contributed by atoms with E-state index in [1.54, 1.807) is 29.2 Å². The normalized spacial score (nSPS) is 20.4. The minimum absolute atomic E-state index is 0.0397. The number of carbonyl (C=O) groups is 2. The van der Waals surface area contributed by atoms with E-state index in [-0.39, 0.29) is 22.6 Å². The monoisotopic (exact) mass is 461 g/mol. The van der Waals surface area contributed by atoms with Crippen molar-refractivity contribution in [1.29, 1.82) is 0 Å². The van der Waals surface area contributed by atoms with Crippen LogP contribution in [-0.4, -0.2) is 55.6 Å². The van der Waals surface area contributed by atoms with Crippen LogP contribution in [0.3, 0.4) is 0 Å². The summed E-state index contributed by atoms with van der Waals surface area (Å²) < 4.78 is 27.4. The Hall–Kier alpha value is -2.23. The van der Waals surface area contributed by atoms with Crippen LogP contribution in [0.4, 0.5) is 5.69 Å². The number of sulfonamides is 1. The molecule has 1 N–H and O–H groups in total. The minimum Gasteiger partial charge on any atom is -0.337 e. The van der Waals surface area contributed by atoms with Crippen molar-refractivity contribution in [1.82, 2.24) is 9.21 Å². The summed E-state index contributed by atoms with van der Waals surface area (Å²) in [5, 5.41) is 4.73. The second-order valence-corrected chi connectivity index (χ2v) is 10.9. The van der Waals surface area contributed by atoms with Gasteiger partial charge in [-0.15, -0.1) is 11.3 Å². The Balaban J connectivity index is 1.42. The van der Waals surface area contributed by atoms with Gasteiger partial charge in [0.2, 0.25) is 15.9 Å². The van der Waals surface area contributed by atoms with Crippen LogP contribution < -0.4 is 5.32 Å². The number of likely N-dealkylation sites (tertiary alicyclic amines) is 1. The molecule has 166 valence electrons. The summed E-state index contributed by atoms with van der Waals surface area (Å²) >= 11 is 1.40. The molecule has 1 aromatic heterocycles. The van der Waals surface area contributed by atoms with Crippen molar-refractivity contribution < 1.29 is 18.0 Å². The molecule has 3 heterocycles. The number of hydrogen-bond acceptors (Lipinski definition) is 5. The molecular formula is C22H27N3O4S2. The van der Waals surface area contributed by atoms with Gasteiger partial charge in [0.15, 0.2) is 0 Å². The lowest BCUT2D eigenvalue weighted by molar-refractivity contribution is -0.121. The molecule has 0 saturated carbocycles. The van der Waals surface area contributed by atoms with Gasteiger partial charge in [0.25, 0.3) is 5.91 Å². The number of thiophene rings is 1. The number of hydrogen-bond donors (Lipinski definition) is 1. The van der Waals surface area contributed by atoms with Crippen molar-refractivity contribution >= 4 is 38.9 Å². The molecule has 0 spiro atoms. The number of piperidine rings is 2. The fourth-order valence-corrected chi connectivity index (χ4v) is 6.42. The maximum absolute atomic E-state index is 12.9. The summed E-state index contributed by atoms with van der Waals surface area (Å²) in [5.41, 5.74) is 0.463. The Labute approximate surface area is 187 Å². The van der Waals surface area contributed by atoms with E-state index < -0.39 is 10.0 Å². The lowest BCUT2D eigenvalue weighted by atomic mass is 9.97. The van der Waals surface area contributed by atoms with Crippen LogP contribution in [0.15, 0.2) is 46.7 Å². The lowest BCUT2D eigenvalue weighted by Gasteiger charge is -2.31. The molecule has 0 bridgehead atoms. The second kappa shape index (κ2) is 9.50. The quantitative estimate of drug-likeness (QED) is 0.739. The number of nitrogens with zero attached hydrogens (tertiary/aromatic N) is 2. The first-order chi connectivity index (χ1) is 14.9. The van der Waals surface area contributed by atoms with E-state index in [2.05, 4.69) is 5.32 Å². The number of benzene rings is 1. The van der Waals surface area contributed by atoms with Crippen LogP contribution >= 0.6 is 11.3 Å². The first-order valence-electron chi connectivity index (χ1n) is 10.7. The predicted molar refractivity (Wildman–Crippen MR) is 121 cm³/mol. The maximum atomic E-state index is 12.9. The first-order valence-corrected chi connectivity index (χ1v) is 13.0. The molecule has 1 atom stereocenters. The molecular weight excluding hydrogens is 434 g/mol. The second-order valence-electron chi connectivity index (χ2n) is 8.05. The summed E-state index contributed by atoms with van der Waals surface area (Å²) in [5.74, 6) is -0.543. The molecule has 2 fully saturated rings. The maximum Gasteiger partial charge on any atom is 0.263 e. The molecule has 2 aliphatic rings. The molecule has 2 aliphatic heterocycles. The number of rotatable bonds is 5. The molecule has 31 heavy (non-hydrogen) atoms. The lowest BCUT2D eigenvalue weighted by Crippen LogP contribution is -2.43. The van der Waals surface area contributed by atoms with Gasteiger partial charge in [-0.05, 0) is 55.3 Å². The van der Waals surface area contributed by atoms with Crippen molar-refractivity contribution in [3.63, 3.8) is 0 Å². The SMILES string of the molecule is O=C(Nc1cccc(S(=O)(=O)N2CCCCC2)c1)C1CCCN(C(=O)c2cccs2)C1. The van der Waals surface area contributed by atoms with Crippen molar-refractivity contribution in [2.45, 2.75) is 37.0 Å². The van der Waals surface area contributed by atoms with E-state index in [0.717, 1.165) is 25.7 Å². The van der Waals surface area contributed by atoms with Gasteiger partial charge in [-0.3, -0.25) is 9.59 Å². The van der Waals surface area contributed by atoms with Crippen LogP contribution in [0.1, 0.15) is 41.8 Å². The highest BCUT2D eigenvalue weighted by Crippen LogP contribution is 2.25. The molecule has 1 unspecified atom stereocenters. The fourth-order valence-electron chi connectivity index (χ4n) is 4.16. The van der Waals surface area contributed by atoms with E-state index in [0.29, 0.717) is 43.2 Å². The zero-order valence-corrected chi connectivity index (χ0v) is 19.0. The number of nitrogens with one attached hydrogen (secondary N) is 1. The van der Waals surface area contributed by atoms with E-state index >= 15 is 0 Å². The molecule has 0 aliphatic carbocycles. The predicted octanol–water partition coefficient (Wildman–Crippen LogP) is 3.41. The standard InChI is InChI=1S/C22H27N3O4S2/c26-21(17-7-5-11-24(16-17)22(27)20-10-6-14-30-20)23-18-8-4-9-19(15-18)31(28,29)25-12-2-1-3-13-25/h4,6,8-10,14-15,17H,1-3,5,7,11-13,16H2,(H,23,26). The third kappa shape index (κ3) is 4.99. The average Bonchev–Trinajstić information content (AvgIpc) is 3.34. The van der Waals surface area contributed by atoms with Crippen molar-refractivity contribution in [3.8, 4) is 0 Å². The summed E-state index contributed by atoms with van der Waals surface area (Å²) in [6.07, 6.45) is 4.26. The zero-order chi connectivity index (χ0) is 21.8. The highest BCUT2D eigenvalue weighted by Gasteiger charge is 2.30. The number of anilines is 1. The number of carbonyl (C=O) groups excluding carboxylic acids is 2. The van der Waals surface area contributed by atoms with E-state index in [9.17, 15) is 18.0 Å². The van der Waals surface area contributed by atoms with Crippen LogP contribution in [0, 0.1) is 5.92 Å². The van der Waals surface area contributed by atoms with Crippen molar-refractivity contribution in [2.75, 3.05) is 31.5 Å². The zero-order valence-electron chi connectivity index (χ0n) is 17.3. The van der Waals surface area contributed by atoms with Crippen LogP contribution in [0.25, 0.3) is 0 Å². The summed E-state index contributed by atoms with van der Waals surface area (Å²) in [4.78, 5) is 28.1. The van der Waals surface area contributed by atoms with Crippen LogP contribution in [0.2, 0.25) is 0 Å².